The number of urea groups is 1. The maximum absolute atomic E-state index is 14.3. The fourth-order valence-corrected chi connectivity index (χ4v) is 3.28. The second-order valence-electron chi connectivity index (χ2n) is 6.23. The van der Waals surface area contributed by atoms with Gasteiger partial charge < -0.3 is 18.9 Å². The van der Waals surface area contributed by atoms with E-state index in [1.165, 1.54) is 52.5 Å². The third-order valence-corrected chi connectivity index (χ3v) is 4.73. The highest BCUT2D eigenvalue weighted by Gasteiger charge is 2.45. The smallest absolute Gasteiger partial charge is 0.332 e. The van der Waals surface area contributed by atoms with E-state index in [4.69, 9.17) is 18.9 Å². The van der Waals surface area contributed by atoms with E-state index in [-0.39, 0.29) is 11.4 Å². The lowest BCUT2D eigenvalue weighted by atomic mass is 10.0. The molecule has 0 radical (unpaired) electrons. The molecular weight excluding hydrogens is 383 g/mol. The highest BCUT2D eigenvalue weighted by atomic mass is 19.1. The van der Waals surface area contributed by atoms with Crippen LogP contribution in [-0.2, 0) is 4.79 Å². The highest BCUT2D eigenvalue weighted by molar-refractivity contribution is 6.14. The summed E-state index contributed by atoms with van der Waals surface area (Å²) in [6, 6.07) is 5.61. The number of carbonyl (C=O) groups excluding carboxylic acids is 2. The molecule has 3 amide bonds. The Morgan fingerprint density at radius 2 is 1.45 bits per heavy atom. The normalized spacial score (nSPS) is 16.3. The van der Waals surface area contributed by atoms with Crippen molar-refractivity contribution in [3.8, 4) is 23.0 Å². The van der Waals surface area contributed by atoms with Crippen LogP contribution in [0.4, 0.5) is 14.9 Å². The minimum absolute atomic E-state index is 0.0319. The number of halogens is 1. The van der Waals surface area contributed by atoms with E-state index in [1.807, 2.05) is 0 Å². The van der Waals surface area contributed by atoms with Crippen LogP contribution in [0, 0.1) is 5.82 Å². The summed E-state index contributed by atoms with van der Waals surface area (Å²) in [5, 5.41) is 0. The Kier molecular flexibility index (Phi) is 5.49. The number of methoxy groups -OCH3 is 4. The number of ether oxygens (including phenoxy) is 4. The Morgan fingerprint density at radius 1 is 0.862 bits per heavy atom. The Bertz CT molecular complexity index is 939. The average Bonchev–Trinajstić information content (AvgIpc) is 2.96. The number of amides is 3. The quantitative estimate of drug-likeness (QED) is 0.689. The van der Waals surface area contributed by atoms with Crippen molar-refractivity contribution in [2.45, 2.75) is 6.04 Å². The predicted octanol–water partition coefficient (Wildman–Crippen LogP) is 3.00. The van der Waals surface area contributed by atoms with Crippen molar-refractivity contribution in [2.75, 3.05) is 40.4 Å². The van der Waals surface area contributed by atoms with Crippen LogP contribution in [-0.4, -0.2) is 52.3 Å². The summed E-state index contributed by atoms with van der Waals surface area (Å²) < 4.78 is 35.2. The molecule has 9 heteroatoms. The molecule has 0 spiro atoms. The molecule has 1 aliphatic rings. The minimum atomic E-state index is -1.03. The summed E-state index contributed by atoms with van der Waals surface area (Å²) in [5.41, 5.74) is 0.642. The summed E-state index contributed by atoms with van der Waals surface area (Å²) in [7, 11) is 7.08. The van der Waals surface area contributed by atoms with Gasteiger partial charge in [0.05, 0.1) is 28.4 Å². The number of anilines is 1. The Balaban J connectivity index is 2.16. The molecule has 0 aromatic heterocycles. The van der Waals surface area contributed by atoms with Gasteiger partial charge in [-0.15, -0.1) is 0 Å². The summed E-state index contributed by atoms with van der Waals surface area (Å²) in [5.74, 6) is -0.0747. The number of rotatable bonds is 6. The van der Waals surface area contributed by atoms with Gasteiger partial charge in [0.15, 0.2) is 23.1 Å². The van der Waals surface area contributed by atoms with Gasteiger partial charge in [-0.1, -0.05) is 0 Å². The van der Waals surface area contributed by atoms with Gasteiger partial charge in [-0.05, 0) is 29.8 Å². The van der Waals surface area contributed by atoms with Crippen molar-refractivity contribution in [1.29, 1.82) is 0 Å². The number of nitrogens with zero attached hydrogens (tertiary/aromatic N) is 2. The van der Waals surface area contributed by atoms with E-state index < -0.39 is 23.8 Å². The molecule has 0 saturated carbocycles. The molecule has 8 nitrogen and oxygen atoms in total. The minimum Gasteiger partial charge on any atom is -0.494 e. The first kappa shape index (κ1) is 20.2. The molecule has 1 aliphatic heterocycles. The fourth-order valence-electron chi connectivity index (χ4n) is 3.28. The van der Waals surface area contributed by atoms with Gasteiger partial charge in [0.25, 0.3) is 5.91 Å². The van der Waals surface area contributed by atoms with E-state index in [9.17, 15) is 14.0 Å². The van der Waals surface area contributed by atoms with Crippen LogP contribution in [0.2, 0.25) is 0 Å². The zero-order valence-electron chi connectivity index (χ0n) is 16.7. The van der Waals surface area contributed by atoms with Crippen LogP contribution >= 0.6 is 0 Å². The summed E-state index contributed by atoms with van der Waals surface area (Å²) in [4.78, 5) is 27.9. The molecule has 29 heavy (non-hydrogen) atoms. The molecule has 1 fully saturated rings. The molecule has 2 aromatic carbocycles. The molecule has 1 atom stereocenters. The fraction of sp³-hybridized carbons (Fsp3) is 0.300. The molecule has 154 valence electrons. The number of imide groups is 1. The number of hydrogen-bond acceptors (Lipinski definition) is 6. The molecule has 0 bridgehead atoms. The molecule has 1 heterocycles. The molecular formula is C20H21FN2O6. The van der Waals surface area contributed by atoms with Gasteiger partial charge in [0, 0.05) is 18.8 Å². The van der Waals surface area contributed by atoms with E-state index in [0.29, 0.717) is 22.8 Å². The predicted molar refractivity (Wildman–Crippen MR) is 102 cm³/mol. The van der Waals surface area contributed by atoms with Crippen LogP contribution in [0.5, 0.6) is 23.0 Å². The number of benzene rings is 2. The zero-order valence-corrected chi connectivity index (χ0v) is 16.7. The maximum atomic E-state index is 14.3. The van der Waals surface area contributed by atoms with E-state index in [0.717, 1.165) is 11.0 Å². The monoisotopic (exact) mass is 404 g/mol. The van der Waals surface area contributed by atoms with Gasteiger partial charge in [-0.3, -0.25) is 14.6 Å². The van der Waals surface area contributed by atoms with Crippen LogP contribution < -0.4 is 23.8 Å². The highest BCUT2D eigenvalue weighted by Crippen LogP contribution is 2.43. The first-order valence-electron chi connectivity index (χ1n) is 8.62. The van der Waals surface area contributed by atoms with Crippen molar-refractivity contribution in [1.82, 2.24) is 4.90 Å². The lowest BCUT2D eigenvalue weighted by Gasteiger charge is -2.24. The van der Waals surface area contributed by atoms with Gasteiger partial charge in [-0.2, -0.15) is 0 Å². The van der Waals surface area contributed by atoms with Crippen LogP contribution in [0.25, 0.3) is 0 Å². The van der Waals surface area contributed by atoms with E-state index in [1.54, 1.807) is 12.1 Å². The van der Waals surface area contributed by atoms with Crippen LogP contribution in [0.15, 0.2) is 30.3 Å². The number of carbonyl (C=O) groups is 2. The SMILES string of the molecule is COc1ccc(N2C(=O)N(C)C(=O)C2c2cc(OC)c(OC)c(OC)c2)cc1F. The summed E-state index contributed by atoms with van der Waals surface area (Å²) >= 11 is 0. The van der Waals surface area contributed by atoms with E-state index >= 15 is 0 Å². The van der Waals surface area contributed by atoms with Crippen LogP contribution in [0.3, 0.4) is 0 Å². The van der Waals surface area contributed by atoms with Crippen molar-refractivity contribution in [3.63, 3.8) is 0 Å². The standard InChI is InChI=1S/C20H21FN2O6/c1-22-19(24)17(11-8-15(27-3)18(29-5)16(9-11)28-4)23(20(22)25)12-6-7-14(26-2)13(21)10-12/h6-10,17H,1-5H3. The Labute approximate surface area is 167 Å². The van der Waals surface area contributed by atoms with Crippen molar-refractivity contribution >= 4 is 17.6 Å². The lowest BCUT2D eigenvalue weighted by molar-refractivity contribution is -0.126. The van der Waals surface area contributed by atoms with Crippen molar-refractivity contribution in [2.24, 2.45) is 0 Å². The summed E-state index contributed by atoms with van der Waals surface area (Å²) in [6.45, 7) is 0. The lowest BCUT2D eigenvalue weighted by Crippen LogP contribution is -2.30. The van der Waals surface area contributed by atoms with Gasteiger partial charge >= 0.3 is 6.03 Å². The molecule has 3 rings (SSSR count). The molecule has 2 aromatic rings. The first-order valence-corrected chi connectivity index (χ1v) is 8.62. The van der Waals surface area contributed by atoms with Crippen molar-refractivity contribution < 1.29 is 32.9 Å². The molecule has 1 saturated heterocycles. The third kappa shape index (κ3) is 3.28. The molecule has 0 N–H and O–H groups in total. The van der Waals surface area contributed by atoms with Gasteiger partial charge in [0.1, 0.15) is 6.04 Å². The Morgan fingerprint density at radius 3 is 1.93 bits per heavy atom. The second kappa shape index (κ2) is 7.86. The molecule has 1 unspecified atom stereocenters. The second-order valence-corrected chi connectivity index (χ2v) is 6.23. The first-order chi connectivity index (χ1) is 13.9. The largest absolute Gasteiger partial charge is 0.494 e. The zero-order chi connectivity index (χ0) is 21.3. The van der Waals surface area contributed by atoms with E-state index in [2.05, 4.69) is 0 Å². The molecule has 0 aliphatic carbocycles. The van der Waals surface area contributed by atoms with Gasteiger partial charge in [0.2, 0.25) is 5.75 Å². The topological polar surface area (TPSA) is 77.5 Å². The van der Waals surface area contributed by atoms with Gasteiger partial charge in [-0.25, -0.2) is 9.18 Å². The third-order valence-electron chi connectivity index (χ3n) is 4.73. The summed E-state index contributed by atoms with van der Waals surface area (Å²) in [6.07, 6.45) is 0. The maximum Gasteiger partial charge on any atom is 0.332 e. The van der Waals surface area contributed by atoms with Crippen LogP contribution in [0.1, 0.15) is 11.6 Å². The Hall–Kier alpha value is -3.49. The average molecular weight is 404 g/mol. The van der Waals surface area contributed by atoms with Crippen molar-refractivity contribution in [3.05, 3.63) is 41.7 Å². The number of hydrogen-bond donors (Lipinski definition) is 0. The number of likely N-dealkylation sites (N-methyl/N-ethyl adjacent to an activating group) is 1.